The van der Waals surface area contributed by atoms with Crippen LogP contribution in [0.5, 0.6) is 0 Å². The van der Waals surface area contributed by atoms with Crippen molar-refractivity contribution in [3.05, 3.63) is 71.0 Å². The van der Waals surface area contributed by atoms with E-state index in [9.17, 15) is 4.79 Å². The van der Waals surface area contributed by atoms with Crippen molar-refractivity contribution in [2.24, 2.45) is 0 Å². The summed E-state index contributed by atoms with van der Waals surface area (Å²) in [4.78, 5) is 24.1. The molecule has 0 aromatic carbocycles. The molecule has 1 aromatic rings. The molecular formula is C26H34N4O2. The Bertz CT molecular complexity index is 980. The SMILES string of the molecule is CC1=C(C(=O)OC(C)C)C=C2C=C(c3ccncc3)CN2C1=CN1CCC(N(C)C)CC1. The molecule has 0 unspecified atom stereocenters. The van der Waals surface area contributed by atoms with Gasteiger partial charge in [-0.25, -0.2) is 4.79 Å². The van der Waals surface area contributed by atoms with Gasteiger partial charge in [-0.05, 0) is 88.7 Å². The second kappa shape index (κ2) is 9.33. The van der Waals surface area contributed by atoms with Crippen LogP contribution >= 0.6 is 0 Å². The third-order valence-corrected chi connectivity index (χ3v) is 6.48. The molecule has 0 saturated carbocycles. The van der Waals surface area contributed by atoms with E-state index >= 15 is 0 Å². The predicted octanol–water partition coefficient (Wildman–Crippen LogP) is 3.81. The molecular weight excluding hydrogens is 400 g/mol. The minimum absolute atomic E-state index is 0.150. The van der Waals surface area contributed by atoms with Crippen LogP contribution in [0.1, 0.15) is 39.2 Å². The number of rotatable bonds is 5. The van der Waals surface area contributed by atoms with Gasteiger partial charge < -0.3 is 19.4 Å². The molecule has 4 rings (SSSR count). The number of allylic oxidation sites excluding steroid dienone is 2. The van der Waals surface area contributed by atoms with Crippen LogP contribution in [-0.4, -0.2) is 71.5 Å². The number of hydrogen-bond acceptors (Lipinski definition) is 6. The maximum absolute atomic E-state index is 12.9. The molecule has 1 aromatic heterocycles. The van der Waals surface area contributed by atoms with E-state index in [1.807, 2.05) is 51.4 Å². The summed E-state index contributed by atoms with van der Waals surface area (Å²) in [6, 6.07) is 4.70. The number of aromatic nitrogens is 1. The highest BCUT2D eigenvalue weighted by atomic mass is 16.5. The fraction of sp³-hybridized carbons (Fsp3) is 0.462. The van der Waals surface area contributed by atoms with Gasteiger partial charge in [-0.3, -0.25) is 4.98 Å². The zero-order valence-electron chi connectivity index (χ0n) is 19.8. The first-order valence-electron chi connectivity index (χ1n) is 11.5. The van der Waals surface area contributed by atoms with Crippen molar-refractivity contribution in [3.63, 3.8) is 0 Å². The fourth-order valence-corrected chi connectivity index (χ4v) is 4.61. The lowest BCUT2D eigenvalue weighted by molar-refractivity contribution is -0.142. The number of esters is 1. The molecule has 3 aliphatic rings. The Kier molecular flexibility index (Phi) is 6.51. The molecule has 0 aliphatic carbocycles. The third-order valence-electron chi connectivity index (χ3n) is 6.48. The number of piperidine rings is 1. The highest BCUT2D eigenvalue weighted by molar-refractivity contribution is 5.95. The maximum Gasteiger partial charge on any atom is 0.338 e. The van der Waals surface area contributed by atoms with Crippen molar-refractivity contribution in [2.45, 2.75) is 45.8 Å². The number of pyridine rings is 1. The molecule has 3 aliphatic heterocycles. The Morgan fingerprint density at radius 2 is 1.88 bits per heavy atom. The molecule has 0 spiro atoms. The van der Waals surface area contributed by atoms with Gasteiger partial charge in [-0.15, -0.1) is 0 Å². The number of fused-ring (bicyclic) bond motifs is 1. The largest absolute Gasteiger partial charge is 0.459 e. The lowest BCUT2D eigenvalue weighted by Gasteiger charge is -2.37. The second-order valence-corrected chi connectivity index (χ2v) is 9.30. The van der Waals surface area contributed by atoms with Crippen molar-refractivity contribution < 1.29 is 9.53 Å². The standard InChI is InChI=1S/C26H34N4O2/c1-18(2)32-26(31)24-15-23-14-21(20-6-10-27-11-7-20)16-30(23)25(19(24)3)17-29-12-8-22(9-13-29)28(4)5/h6-7,10-11,14-15,17-18,22H,8-9,12-13,16H2,1-5H3. The molecule has 0 amide bonds. The Morgan fingerprint density at radius 1 is 1.19 bits per heavy atom. The lowest BCUT2D eigenvalue weighted by Crippen LogP contribution is -2.40. The Morgan fingerprint density at radius 3 is 2.50 bits per heavy atom. The number of carbonyl (C=O) groups excluding carboxylic acids is 1. The van der Waals surface area contributed by atoms with Crippen molar-refractivity contribution in [2.75, 3.05) is 33.7 Å². The first-order valence-corrected chi connectivity index (χ1v) is 11.5. The van der Waals surface area contributed by atoms with E-state index in [1.54, 1.807) is 0 Å². The normalized spacial score (nSPS) is 20.8. The van der Waals surface area contributed by atoms with Crippen LogP contribution in [0.2, 0.25) is 0 Å². The maximum atomic E-state index is 12.9. The van der Waals surface area contributed by atoms with Gasteiger partial charge in [0.25, 0.3) is 0 Å². The predicted molar refractivity (Wildman–Crippen MR) is 127 cm³/mol. The summed E-state index contributed by atoms with van der Waals surface area (Å²) in [6.07, 6.45) is 12.2. The summed E-state index contributed by atoms with van der Waals surface area (Å²) in [6.45, 7) is 8.62. The summed E-state index contributed by atoms with van der Waals surface area (Å²) in [5.41, 5.74) is 6.12. The number of nitrogens with zero attached hydrogens (tertiary/aromatic N) is 4. The van der Waals surface area contributed by atoms with E-state index in [4.69, 9.17) is 4.74 Å². The van der Waals surface area contributed by atoms with Crippen molar-refractivity contribution in [3.8, 4) is 0 Å². The van der Waals surface area contributed by atoms with Crippen molar-refractivity contribution >= 4 is 11.5 Å². The summed E-state index contributed by atoms with van der Waals surface area (Å²) < 4.78 is 5.56. The van der Waals surface area contributed by atoms with E-state index in [-0.39, 0.29) is 12.1 Å². The topological polar surface area (TPSA) is 48.9 Å². The van der Waals surface area contributed by atoms with Crippen LogP contribution in [0.3, 0.4) is 0 Å². The van der Waals surface area contributed by atoms with E-state index in [1.165, 1.54) is 5.57 Å². The monoisotopic (exact) mass is 434 g/mol. The van der Waals surface area contributed by atoms with Crippen LogP contribution in [0.15, 0.2) is 65.4 Å². The molecule has 0 bridgehead atoms. The highest BCUT2D eigenvalue weighted by Gasteiger charge is 2.32. The van der Waals surface area contributed by atoms with E-state index in [0.29, 0.717) is 11.6 Å². The molecule has 6 nitrogen and oxygen atoms in total. The Balaban J connectivity index is 1.66. The van der Waals surface area contributed by atoms with Crippen LogP contribution in [0, 0.1) is 0 Å². The van der Waals surface area contributed by atoms with Gasteiger partial charge in [0.15, 0.2) is 0 Å². The Labute approximate surface area is 191 Å². The van der Waals surface area contributed by atoms with Crippen LogP contribution < -0.4 is 0 Å². The fourth-order valence-electron chi connectivity index (χ4n) is 4.61. The van der Waals surface area contributed by atoms with Crippen molar-refractivity contribution in [1.82, 2.24) is 19.7 Å². The molecule has 4 heterocycles. The quantitative estimate of drug-likeness (QED) is 0.657. The molecule has 0 radical (unpaired) electrons. The summed E-state index contributed by atoms with van der Waals surface area (Å²) in [5, 5.41) is 0. The zero-order valence-corrected chi connectivity index (χ0v) is 19.8. The van der Waals surface area contributed by atoms with Gasteiger partial charge in [-0.2, -0.15) is 0 Å². The molecule has 6 heteroatoms. The smallest absolute Gasteiger partial charge is 0.338 e. The third kappa shape index (κ3) is 4.65. The van der Waals surface area contributed by atoms with E-state index < -0.39 is 0 Å². The van der Waals surface area contributed by atoms with Gasteiger partial charge in [-0.1, -0.05) is 0 Å². The van der Waals surface area contributed by atoms with Crippen LogP contribution in [-0.2, 0) is 9.53 Å². The second-order valence-electron chi connectivity index (χ2n) is 9.30. The minimum atomic E-state index is -0.257. The molecule has 0 atom stereocenters. The molecule has 1 fully saturated rings. The van der Waals surface area contributed by atoms with Gasteiger partial charge in [0.2, 0.25) is 0 Å². The average Bonchev–Trinajstić information content (AvgIpc) is 3.20. The number of ether oxygens (including phenoxy) is 1. The number of likely N-dealkylation sites (tertiary alicyclic amines) is 1. The summed E-state index contributed by atoms with van der Waals surface area (Å²) in [7, 11) is 4.32. The number of carbonyl (C=O) groups is 1. The first-order chi connectivity index (χ1) is 15.3. The van der Waals surface area contributed by atoms with Crippen LogP contribution in [0.4, 0.5) is 0 Å². The molecule has 170 valence electrons. The van der Waals surface area contributed by atoms with Crippen molar-refractivity contribution in [1.29, 1.82) is 0 Å². The van der Waals surface area contributed by atoms with E-state index in [2.05, 4.69) is 46.1 Å². The van der Waals surface area contributed by atoms with Crippen LogP contribution in [0.25, 0.3) is 5.57 Å². The van der Waals surface area contributed by atoms with Gasteiger partial charge in [0.05, 0.1) is 17.4 Å². The first kappa shape index (κ1) is 22.3. The summed E-state index contributed by atoms with van der Waals surface area (Å²) in [5.74, 6) is -0.257. The summed E-state index contributed by atoms with van der Waals surface area (Å²) >= 11 is 0. The van der Waals surface area contributed by atoms with Gasteiger partial charge >= 0.3 is 5.97 Å². The van der Waals surface area contributed by atoms with Gasteiger partial charge in [0, 0.05) is 50.0 Å². The molecule has 0 N–H and O–H groups in total. The zero-order chi connectivity index (χ0) is 22.8. The lowest BCUT2D eigenvalue weighted by atomic mass is 9.99. The van der Waals surface area contributed by atoms with E-state index in [0.717, 1.165) is 55.0 Å². The highest BCUT2D eigenvalue weighted by Crippen LogP contribution is 2.38. The number of hydrogen-bond donors (Lipinski definition) is 0. The van der Waals surface area contributed by atoms with Gasteiger partial charge in [0.1, 0.15) is 0 Å². The minimum Gasteiger partial charge on any atom is -0.459 e. The average molecular weight is 435 g/mol. The molecule has 1 saturated heterocycles. The Hall–Kier alpha value is -2.86. The molecule has 32 heavy (non-hydrogen) atoms.